The molecular formula is C10H13N3O. The number of aliphatic hydroxyl groups is 1. The molecule has 0 spiro atoms. The molecule has 1 heterocycles. The van der Waals surface area contributed by atoms with Crippen molar-refractivity contribution in [1.29, 1.82) is 5.26 Å². The smallest absolute Gasteiger partial charge is 0.101 e. The highest BCUT2D eigenvalue weighted by Gasteiger charge is 2.51. The molecule has 74 valence electrons. The summed E-state index contributed by atoms with van der Waals surface area (Å²) in [5.74, 6) is 0. The van der Waals surface area contributed by atoms with Crippen LogP contribution in [0.25, 0.3) is 0 Å². The summed E-state index contributed by atoms with van der Waals surface area (Å²) in [5, 5.41) is 23.1. The van der Waals surface area contributed by atoms with E-state index < -0.39 is 11.5 Å². The van der Waals surface area contributed by atoms with Crippen molar-refractivity contribution in [2.75, 3.05) is 0 Å². The Hall–Kier alpha value is -1.34. The zero-order chi connectivity index (χ0) is 10.3. The molecule has 2 rings (SSSR count). The number of aromatic nitrogens is 2. The van der Waals surface area contributed by atoms with Crippen LogP contribution in [-0.4, -0.2) is 14.9 Å². The van der Waals surface area contributed by atoms with E-state index in [1.807, 2.05) is 14.0 Å². The maximum atomic E-state index is 10.0. The lowest BCUT2D eigenvalue weighted by atomic mass is 9.95. The van der Waals surface area contributed by atoms with E-state index in [2.05, 4.69) is 11.2 Å². The van der Waals surface area contributed by atoms with Crippen LogP contribution in [0.15, 0.2) is 6.20 Å². The maximum absolute atomic E-state index is 10.0. The summed E-state index contributed by atoms with van der Waals surface area (Å²) in [5.41, 5.74) is 1.06. The van der Waals surface area contributed by atoms with E-state index in [0.29, 0.717) is 0 Å². The lowest BCUT2D eigenvalue weighted by Crippen LogP contribution is -2.11. The first-order valence-corrected chi connectivity index (χ1v) is 4.68. The van der Waals surface area contributed by atoms with Gasteiger partial charge in [-0.2, -0.15) is 10.4 Å². The normalized spacial score (nSPS) is 20.1. The van der Waals surface area contributed by atoms with Crippen LogP contribution in [0.3, 0.4) is 0 Å². The minimum atomic E-state index is -0.679. The molecule has 0 saturated heterocycles. The van der Waals surface area contributed by atoms with E-state index >= 15 is 0 Å². The fraction of sp³-hybridized carbons (Fsp3) is 0.600. The van der Waals surface area contributed by atoms with Gasteiger partial charge in [-0.05, 0) is 19.8 Å². The van der Waals surface area contributed by atoms with Crippen LogP contribution < -0.4 is 0 Å². The van der Waals surface area contributed by atoms with Crippen LogP contribution in [0, 0.1) is 23.7 Å². The van der Waals surface area contributed by atoms with Crippen molar-refractivity contribution in [3.63, 3.8) is 0 Å². The van der Waals surface area contributed by atoms with Crippen LogP contribution in [0.5, 0.6) is 0 Å². The largest absolute Gasteiger partial charge is 0.387 e. The van der Waals surface area contributed by atoms with Gasteiger partial charge in [-0.1, -0.05) is 0 Å². The molecule has 1 fully saturated rings. The van der Waals surface area contributed by atoms with Crippen LogP contribution in [0.4, 0.5) is 0 Å². The number of hydrogen-bond donors (Lipinski definition) is 1. The zero-order valence-electron chi connectivity index (χ0n) is 8.36. The molecule has 1 unspecified atom stereocenters. The minimum absolute atomic E-state index is 0.534. The van der Waals surface area contributed by atoms with Gasteiger partial charge in [-0.25, -0.2) is 0 Å². The van der Waals surface area contributed by atoms with E-state index in [0.717, 1.165) is 24.1 Å². The van der Waals surface area contributed by atoms with Gasteiger partial charge < -0.3 is 5.11 Å². The van der Waals surface area contributed by atoms with Gasteiger partial charge in [0.15, 0.2) is 0 Å². The van der Waals surface area contributed by atoms with Crippen molar-refractivity contribution in [2.24, 2.45) is 12.5 Å². The molecule has 4 nitrogen and oxygen atoms in total. The SMILES string of the molecule is Cc1nn(C)cc1C(O)C1(C#N)CC1. The summed E-state index contributed by atoms with van der Waals surface area (Å²) in [7, 11) is 1.81. The van der Waals surface area contributed by atoms with Gasteiger partial charge in [0, 0.05) is 18.8 Å². The Balaban J connectivity index is 2.32. The topological polar surface area (TPSA) is 61.8 Å². The van der Waals surface area contributed by atoms with Crippen molar-refractivity contribution in [1.82, 2.24) is 9.78 Å². The number of aliphatic hydroxyl groups excluding tert-OH is 1. The Labute approximate surface area is 82.8 Å². The van der Waals surface area contributed by atoms with Crippen molar-refractivity contribution in [3.05, 3.63) is 17.5 Å². The third-order valence-electron chi connectivity index (χ3n) is 2.88. The number of nitrogens with zero attached hydrogens (tertiary/aromatic N) is 3. The summed E-state index contributed by atoms with van der Waals surface area (Å²) >= 11 is 0. The average molecular weight is 191 g/mol. The standard InChI is InChI=1S/C10H13N3O/c1-7-8(5-13(2)12-7)9(14)10(6-11)3-4-10/h5,9,14H,3-4H2,1-2H3. The van der Waals surface area contributed by atoms with Crippen LogP contribution in [0.1, 0.15) is 30.2 Å². The Morgan fingerprint density at radius 1 is 1.71 bits per heavy atom. The second-order valence-corrected chi connectivity index (χ2v) is 4.01. The highest BCUT2D eigenvalue weighted by atomic mass is 16.3. The van der Waals surface area contributed by atoms with Gasteiger partial charge in [0.1, 0.15) is 6.10 Å². The summed E-state index contributed by atoms with van der Waals surface area (Å²) < 4.78 is 1.67. The molecule has 0 amide bonds. The summed E-state index contributed by atoms with van der Waals surface area (Å²) in [6, 6.07) is 2.20. The minimum Gasteiger partial charge on any atom is -0.387 e. The van der Waals surface area contributed by atoms with Crippen molar-refractivity contribution >= 4 is 0 Å². The highest BCUT2D eigenvalue weighted by molar-refractivity contribution is 5.27. The van der Waals surface area contributed by atoms with Gasteiger partial charge in [-0.15, -0.1) is 0 Å². The molecule has 1 aliphatic rings. The molecule has 4 heteroatoms. The predicted octanol–water partition coefficient (Wildman–Crippen LogP) is 1.07. The molecular weight excluding hydrogens is 178 g/mol. The second kappa shape index (κ2) is 2.82. The third kappa shape index (κ3) is 1.21. The molecule has 0 aliphatic heterocycles. The van der Waals surface area contributed by atoms with E-state index in [9.17, 15) is 5.11 Å². The summed E-state index contributed by atoms with van der Waals surface area (Å²) in [6.45, 7) is 1.85. The van der Waals surface area contributed by atoms with E-state index in [1.165, 1.54) is 0 Å². The van der Waals surface area contributed by atoms with E-state index in [1.54, 1.807) is 10.9 Å². The second-order valence-electron chi connectivity index (χ2n) is 4.01. The fourth-order valence-corrected chi connectivity index (χ4v) is 1.77. The maximum Gasteiger partial charge on any atom is 0.101 e. The fourth-order valence-electron chi connectivity index (χ4n) is 1.77. The average Bonchev–Trinajstić information content (AvgIpc) is 2.87. The van der Waals surface area contributed by atoms with Gasteiger partial charge >= 0.3 is 0 Å². The van der Waals surface area contributed by atoms with Crippen molar-refractivity contribution in [2.45, 2.75) is 25.9 Å². The van der Waals surface area contributed by atoms with Crippen LogP contribution in [-0.2, 0) is 7.05 Å². The number of hydrogen-bond acceptors (Lipinski definition) is 3. The Bertz CT molecular complexity index is 398. The first kappa shape index (κ1) is 9.22. The molecule has 1 N–H and O–H groups in total. The molecule has 0 radical (unpaired) electrons. The lowest BCUT2D eigenvalue weighted by Gasteiger charge is -2.13. The van der Waals surface area contributed by atoms with Crippen molar-refractivity contribution < 1.29 is 5.11 Å². The quantitative estimate of drug-likeness (QED) is 0.760. The molecule has 1 aromatic heterocycles. The zero-order valence-corrected chi connectivity index (χ0v) is 8.36. The van der Waals surface area contributed by atoms with E-state index in [4.69, 9.17) is 5.26 Å². The van der Waals surface area contributed by atoms with Crippen molar-refractivity contribution in [3.8, 4) is 6.07 Å². The van der Waals surface area contributed by atoms with Gasteiger partial charge in [0.05, 0.1) is 17.2 Å². The monoisotopic (exact) mass is 191 g/mol. The van der Waals surface area contributed by atoms with Gasteiger partial charge in [0.2, 0.25) is 0 Å². The third-order valence-corrected chi connectivity index (χ3v) is 2.88. The number of aryl methyl sites for hydroxylation is 2. The summed E-state index contributed by atoms with van der Waals surface area (Å²) in [6.07, 6.45) is 2.69. The molecule has 1 aliphatic carbocycles. The first-order valence-electron chi connectivity index (χ1n) is 4.68. The molecule has 1 aromatic rings. The molecule has 1 saturated carbocycles. The number of rotatable bonds is 2. The number of nitriles is 1. The van der Waals surface area contributed by atoms with Crippen LogP contribution in [0.2, 0.25) is 0 Å². The van der Waals surface area contributed by atoms with E-state index in [-0.39, 0.29) is 0 Å². The lowest BCUT2D eigenvalue weighted by molar-refractivity contribution is 0.122. The van der Waals surface area contributed by atoms with Crippen LogP contribution >= 0.6 is 0 Å². The summed E-state index contributed by atoms with van der Waals surface area (Å²) in [4.78, 5) is 0. The Morgan fingerprint density at radius 3 is 2.71 bits per heavy atom. The first-order chi connectivity index (χ1) is 6.59. The Kier molecular flexibility index (Phi) is 1.86. The van der Waals surface area contributed by atoms with Gasteiger partial charge in [-0.3, -0.25) is 4.68 Å². The van der Waals surface area contributed by atoms with Gasteiger partial charge in [0.25, 0.3) is 0 Å². The Morgan fingerprint density at radius 2 is 2.36 bits per heavy atom. The predicted molar refractivity (Wildman–Crippen MR) is 50.2 cm³/mol. The molecule has 14 heavy (non-hydrogen) atoms. The molecule has 0 bridgehead atoms. The molecule has 0 aromatic carbocycles. The molecule has 1 atom stereocenters. The highest BCUT2D eigenvalue weighted by Crippen LogP contribution is 2.54.